The van der Waals surface area contributed by atoms with Crippen LogP contribution in [0.3, 0.4) is 0 Å². The molecule has 0 amide bonds. The predicted molar refractivity (Wildman–Crippen MR) is 60.4 cm³/mol. The van der Waals surface area contributed by atoms with Crippen molar-refractivity contribution >= 4 is 24.1 Å². The van der Waals surface area contributed by atoms with Crippen LogP contribution in [0.4, 0.5) is 0 Å². The number of carbonyl (C=O) groups is 1. The van der Waals surface area contributed by atoms with Crippen LogP contribution in [0, 0.1) is 0 Å². The number of pyridine rings is 1. The molecule has 2 aromatic rings. The predicted octanol–water partition coefficient (Wildman–Crippen LogP) is 1.25. The first kappa shape index (κ1) is 10.1. The van der Waals surface area contributed by atoms with Crippen molar-refractivity contribution in [3.8, 4) is 0 Å². The van der Waals surface area contributed by atoms with Gasteiger partial charge in [0.1, 0.15) is 0 Å². The molecule has 2 rings (SSSR count). The number of carbonyl (C=O) groups excluding carboxylic acids is 1. The molecule has 0 saturated carbocycles. The minimum atomic E-state index is -0.171. The topological polar surface area (TPSA) is 30.0 Å². The van der Waals surface area contributed by atoms with Gasteiger partial charge in [0.2, 0.25) is 0 Å². The van der Waals surface area contributed by atoms with Crippen molar-refractivity contribution in [1.29, 1.82) is 0 Å². The molecular formula is C12H9NOSe. The van der Waals surface area contributed by atoms with Crippen molar-refractivity contribution < 1.29 is 4.79 Å². The van der Waals surface area contributed by atoms with Crippen molar-refractivity contribution in [3.63, 3.8) is 0 Å². The van der Waals surface area contributed by atoms with Crippen LogP contribution in [0.5, 0.6) is 0 Å². The average molecular weight is 262 g/mol. The first-order valence-electron chi connectivity index (χ1n) is 4.54. The Morgan fingerprint density at radius 1 is 1.00 bits per heavy atom. The van der Waals surface area contributed by atoms with Crippen molar-refractivity contribution in [2.75, 3.05) is 0 Å². The molecule has 0 unspecified atom stereocenters. The van der Waals surface area contributed by atoms with E-state index in [1.807, 2.05) is 42.5 Å². The van der Waals surface area contributed by atoms with E-state index in [4.69, 9.17) is 0 Å². The van der Waals surface area contributed by atoms with E-state index in [2.05, 4.69) is 4.98 Å². The van der Waals surface area contributed by atoms with E-state index in [1.165, 1.54) is 0 Å². The number of nitrogens with zero attached hydrogens (tertiary/aromatic N) is 1. The van der Waals surface area contributed by atoms with Gasteiger partial charge >= 0.3 is 94.3 Å². The van der Waals surface area contributed by atoms with E-state index >= 15 is 0 Å². The fraction of sp³-hybridized carbons (Fsp3) is 0. The Morgan fingerprint density at radius 3 is 2.40 bits per heavy atom. The zero-order valence-corrected chi connectivity index (χ0v) is 9.67. The van der Waals surface area contributed by atoms with Crippen LogP contribution < -0.4 is 4.46 Å². The molecule has 0 aliphatic rings. The second-order valence-corrected chi connectivity index (χ2v) is 5.11. The molecule has 0 aliphatic heterocycles. The summed E-state index contributed by atoms with van der Waals surface area (Å²) < 4.78 is 1.20. The van der Waals surface area contributed by atoms with Gasteiger partial charge in [-0.05, 0) is 0 Å². The summed E-state index contributed by atoms with van der Waals surface area (Å²) in [5.74, 6) is 0. The van der Waals surface area contributed by atoms with E-state index < -0.39 is 0 Å². The number of rotatable bonds is 3. The molecule has 15 heavy (non-hydrogen) atoms. The molecule has 0 fully saturated rings. The fourth-order valence-electron chi connectivity index (χ4n) is 1.13. The summed E-state index contributed by atoms with van der Waals surface area (Å²) in [4.78, 5) is 15.8. The summed E-state index contributed by atoms with van der Waals surface area (Å²) in [5.41, 5.74) is 0.557. The molecular weight excluding hydrogens is 253 g/mol. The van der Waals surface area contributed by atoms with E-state index in [-0.39, 0.29) is 19.6 Å². The quantitative estimate of drug-likeness (QED) is 0.779. The van der Waals surface area contributed by atoms with E-state index in [0.29, 0.717) is 5.69 Å². The molecule has 0 atom stereocenters. The molecule has 1 aromatic carbocycles. The van der Waals surface area contributed by atoms with Gasteiger partial charge in [-0.25, -0.2) is 0 Å². The molecule has 0 spiro atoms. The second-order valence-electron chi connectivity index (χ2n) is 2.92. The zero-order valence-electron chi connectivity index (χ0n) is 7.96. The molecule has 74 valence electrons. The molecule has 0 aliphatic carbocycles. The Hall–Kier alpha value is -1.44. The third-order valence-electron chi connectivity index (χ3n) is 1.83. The van der Waals surface area contributed by atoms with E-state index in [1.54, 1.807) is 12.3 Å². The maximum atomic E-state index is 11.8. The Morgan fingerprint density at radius 2 is 1.73 bits per heavy atom. The van der Waals surface area contributed by atoms with Gasteiger partial charge in [-0.2, -0.15) is 0 Å². The van der Waals surface area contributed by atoms with Gasteiger partial charge in [0, 0.05) is 0 Å². The molecule has 0 bridgehead atoms. The third-order valence-corrected chi connectivity index (χ3v) is 3.72. The van der Waals surface area contributed by atoms with Gasteiger partial charge in [-0.1, -0.05) is 0 Å². The van der Waals surface area contributed by atoms with Crippen LogP contribution in [0.25, 0.3) is 0 Å². The Labute approximate surface area is 94.5 Å². The average Bonchev–Trinajstić information content (AvgIpc) is 2.31. The summed E-state index contributed by atoms with van der Waals surface area (Å²) in [7, 11) is 0. The van der Waals surface area contributed by atoms with Crippen LogP contribution in [0.1, 0.15) is 10.5 Å². The van der Waals surface area contributed by atoms with Crippen LogP contribution in [0.2, 0.25) is 0 Å². The van der Waals surface area contributed by atoms with Crippen molar-refractivity contribution in [2.24, 2.45) is 0 Å². The number of hydrogen-bond acceptors (Lipinski definition) is 2. The molecule has 3 heteroatoms. The van der Waals surface area contributed by atoms with E-state index in [0.717, 1.165) is 4.46 Å². The van der Waals surface area contributed by atoms with Gasteiger partial charge in [0.15, 0.2) is 0 Å². The summed E-state index contributed by atoms with van der Waals surface area (Å²) >= 11 is -0.171. The summed E-state index contributed by atoms with van der Waals surface area (Å²) in [6.45, 7) is 0. The summed E-state index contributed by atoms with van der Waals surface area (Å²) in [5, 5.41) is 0. The normalized spacial score (nSPS) is 9.87. The number of aromatic nitrogens is 1. The van der Waals surface area contributed by atoms with Crippen LogP contribution >= 0.6 is 0 Å². The van der Waals surface area contributed by atoms with Crippen LogP contribution in [0.15, 0.2) is 54.7 Å². The van der Waals surface area contributed by atoms with Gasteiger partial charge < -0.3 is 0 Å². The molecule has 2 nitrogen and oxygen atoms in total. The van der Waals surface area contributed by atoms with Crippen molar-refractivity contribution in [1.82, 2.24) is 4.98 Å². The Kier molecular flexibility index (Phi) is 3.28. The standard InChI is InChI=1S/C12H9NOSe/c14-12(11-8-4-5-9-13-11)15-10-6-2-1-3-7-10/h1-9H. The van der Waals surface area contributed by atoms with Crippen molar-refractivity contribution in [3.05, 3.63) is 60.4 Å². The number of benzene rings is 1. The Bertz CT molecular complexity index is 442. The summed E-state index contributed by atoms with van der Waals surface area (Å²) in [6, 6.07) is 15.2. The minimum absolute atomic E-state index is 0.120. The molecule has 1 heterocycles. The van der Waals surface area contributed by atoms with Gasteiger partial charge in [-0.3, -0.25) is 0 Å². The first-order chi connectivity index (χ1) is 7.36. The van der Waals surface area contributed by atoms with Crippen molar-refractivity contribution in [2.45, 2.75) is 0 Å². The summed E-state index contributed by atoms with van der Waals surface area (Å²) in [6.07, 6.45) is 1.65. The second kappa shape index (κ2) is 4.87. The van der Waals surface area contributed by atoms with E-state index in [9.17, 15) is 4.79 Å². The fourth-order valence-corrected chi connectivity index (χ4v) is 2.67. The molecule has 1 aromatic heterocycles. The molecule has 0 saturated heterocycles. The number of hydrogen-bond donors (Lipinski definition) is 0. The van der Waals surface area contributed by atoms with Crippen LogP contribution in [-0.4, -0.2) is 24.6 Å². The SMILES string of the molecule is O=C([Se]c1ccccc1)c1ccccn1. The molecule has 0 radical (unpaired) electrons. The maximum absolute atomic E-state index is 11.8. The van der Waals surface area contributed by atoms with Gasteiger partial charge in [0.05, 0.1) is 0 Å². The van der Waals surface area contributed by atoms with Gasteiger partial charge in [0.25, 0.3) is 0 Å². The van der Waals surface area contributed by atoms with Gasteiger partial charge in [-0.15, -0.1) is 0 Å². The van der Waals surface area contributed by atoms with Crippen LogP contribution in [-0.2, 0) is 0 Å². The monoisotopic (exact) mass is 263 g/mol. The first-order valence-corrected chi connectivity index (χ1v) is 6.26. The molecule has 0 N–H and O–H groups in total. The third kappa shape index (κ3) is 2.75. The Balaban J connectivity index is 2.12. The zero-order chi connectivity index (χ0) is 10.5.